The van der Waals surface area contributed by atoms with Crippen molar-refractivity contribution in [3.05, 3.63) is 28.8 Å². The number of halogens is 1. The zero-order valence-corrected chi connectivity index (χ0v) is 11.2. The largest absolute Gasteiger partial charge is 0.398 e. The first-order valence-corrected chi connectivity index (χ1v) is 6.71. The summed E-state index contributed by atoms with van der Waals surface area (Å²) in [6.45, 7) is 4.34. The topological polar surface area (TPSA) is 38.0 Å². The molecule has 1 aliphatic rings. The highest BCUT2D eigenvalue weighted by molar-refractivity contribution is 6.33. The first-order chi connectivity index (χ1) is 8.09. The Morgan fingerprint density at radius 2 is 2.06 bits per heavy atom. The second-order valence-corrected chi connectivity index (χ2v) is 5.88. The maximum Gasteiger partial charge on any atom is 0.0635 e. The van der Waals surface area contributed by atoms with E-state index in [0.29, 0.717) is 16.1 Å². The maximum absolute atomic E-state index is 5.90. The molecule has 0 saturated heterocycles. The molecule has 17 heavy (non-hydrogen) atoms. The first-order valence-electron chi connectivity index (χ1n) is 6.34. The Balaban J connectivity index is 1.83. The van der Waals surface area contributed by atoms with Crippen LogP contribution in [0.3, 0.4) is 0 Å². The lowest BCUT2D eigenvalue weighted by Crippen LogP contribution is -2.29. The van der Waals surface area contributed by atoms with E-state index in [-0.39, 0.29) is 0 Å². The van der Waals surface area contributed by atoms with Crippen LogP contribution in [0.4, 0.5) is 5.69 Å². The molecule has 0 radical (unpaired) electrons. The van der Waals surface area contributed by atoms with Crippen LogP contribution in [0.2, 0.25) is 5.02 Å². The molecule has 2 nitrogen and oxygen atoms in total. The average Bonchev–Trinajstić information content (AvgIpc) is 2.71. The fourth-order valence-corrected chi connectivity index (χ4v) is 2.73. The Morgan fingerprint density at radius 1 is 1.35 bits per heavy atom. The summed E-state index contributed by atoms with van der Waals surface area (Å²) in [6.07, 6.45) is 5.46. The Bertz CT molecular complexity index is 384. The van der Waals surface area contributed by atoms with Gasteiger partial charge in [-0.2, -0.15) is 0 Å². The maximum atomic E-state index is 5.90. The Kier molecular flexibility index (Phi) is 3.95. The van der Waals surface area contributed by atoms with Gasteiger partial charge in [-0.25, -0.2) is 0 Å². The molecule has 0 bridgehead atoms. The van der Waals surface area contributed by atoms with Crippen LogP contribution in [0.5, 0.6) is 0 Å². The smallest absolute Gasteiger partial charge is 0.0635 e. The van der Waals surface area contributed by atoms with E-state index in [4.69, 9.17) is 17.3 Å². The molecule has 0 heterocycles. The molecule has 3 N–H and O–H groups in total. The lowest BCUT2D eigenvalue weighted by atomic mass is 9.89. The highest BCUT2D eigenvalue weighted by atomic mass is 35.5. The SMILES string of the molecule is CC1(CNCc2ccc(Cl)c(N)c2)CCCC1. The minimum absolute atomic E-state index is 0.498. The molecule has 3 heteroatoms. The summed E-state index contributed by atoms with van der Waals surface area (Å²) in [5.74, 6) is 0. The van der Waals surface area contributed by atoms with Gasteiger partial charge in [0.2, 0.25) is 0 Å². The molecule has 2 rings (SSSR count). The summed E-state index contributed by atoms with van der Waals surface area (Å²) in [4.78, 5) is 0. The van der Waals surface area contributed by atoms with Gasteiger partial charge in [-0.15, -0.1) is 0 Å². The minimum Gasteiger partial charge on any atom is -0.398 e. The van der Waals surface area contributed by atoms with Crippen LogP contribution < -0.4 is 11.1 Å². The number of nitrogens with one attached hydrogen (secondary N) is 1. The van der Waals surface area contributed by atoms with Crippen LogP contribution in [0.15, 0.2) is 18.2 Å². The molecule has 0 amide bonds. The van der Waals surface area contributed by atoms with Crippen molar-refractivity contribution >= 4 is 17.3 Å². The molecule has 0 atom stereocenters. The van der Waals surface area contributed by atoms with E-state index in [1.54, 1.807) is 0 Å². The number of hydrogen-bond acceptors (Lipinski definition) is 2. The fourth-order valence-electron chi connectivity index (χ4n) is 2.62. The molecule has 1 saturated carbocycles. The van der Waals surface area contributed by atoms with Crippen LogP contribution in [-0.4, -0.2) is 6.54 Å². The molecule has 0 aliphatic heterocycles. The van der Waals surface area contributed by atoms with Gasteiger partial charge in [0.05, 0.1) is 10.7 Å². The van der Waals surface area contributed by atoms with Gasteiger partial charge >= 0.3 is 0 Å². The summed E-state index contributed by atoms with van der Waals surface area (Å²) < 4.78 is 0. The summed E-state index contributed by atoms with van der Waals surface area (Å²) in [5, 5.41) is 4.17. The van der Waals surface area contributed by atoms with Crippen LogP contribution >= 0.6 is 11.6 Å². The molecular weight excluding hydrogens is 232 g/mol. The summed E-state index contributed by atoms with van der Waals surface area (Å²) in [5.41, 5.74) is 8.15. The van der Waals surface area contributed by atoms with E-state index in [1.165, 1.54) is 31.2 Å². The number of hydrogen-bond donors (Lipinski definition) is 2. The highest BCUT2D eigenvalue weighted by Crippen LogP contribution is 2.36. The molecule has 1 aliphatic carbocycles. The van der Waals surface area contributed by atoms with E-state index in [1.807, 2.05) is 18.2 Å². The second-order valence-electron chi connectivity index (χ2n) is 5.48. The van der Waals surface area contributed by atoms with Gasteiger partial charge in [0, 0.05) is 13.1 Å². The third kappa shape index (κ3) is 3.36. The van der Waals surface area contributed by atoms with Gasteiger partial charge < -0.3 is 11.1 Å². The third-order valence-electron chi connectivity index (χ3n) is 3.75. The molecule has 0 unspecified atom stereocenters. The van der Waals surface area contributed by atoms with E-state index >= 15 is 0 Å². The molecule has 0 aromatic heterocycles. The Hall–Kier alpha value is -0.730. The average molecular weight is 253 g/mol. The van der Waals surface area contributed by atoms with Gasteiger partial charge in [0.15, 0.2) is 0 Å². The molecule has 94 valence electrons. The van der Waals surface area contributed by atoms with Gasteiger partial charge in [-0.05, 0) is 36.0 Å². The highest BCUT2D eigenvalue weighted by Gasteiger charge is 2.27. The predicted molar refractivity (Wildman–Crippen MR) is 74.1 cm³/mol. The number of rotatable bonds is 4. The quantitative estimate of drug-likeness (QED) is 0.804. The molecule has 1 fully saturated rings. The van der Waals surface area contributed by atoms with E-state index in [2.05, 4.69) is 12.2 Å². The van der Waals surface area contributed by atoms with Gasteiger partial charge in [-0.1, -0.05) is 37.4 Å². The number of anilines is 1. The second kappa shape index (κ2) is 5.28. The van der Waals surface area contributed by atoms with E-state index < -0.39 is 0 Å². The molecule has 1 aromatic carbocycles. The van der Waals surface area contributed by atoms with Crippen molar-refractivity contribution < 1.29 is 0 Å². The summed E-state index contributed by atoms with van der Waals surface area (Å²) >= 11 is 5.90. The number of nitrogens with two attached hydrogens (primary N) is 1. The summed E-state index contributed by atoms with van der Waals surface area (Å²) in [6, 6.07) is 5.85. The van der Waals surface area contributed by atoms with Crippen molar-refractivity contribution in [3.8, 4) is 0 Å². The Labute approximate surface area is 109 Å². The third-order valence-corrected chi connectivity index (χ3v) is 4.10. The van der Waals surface area contributed by atoms with E-state index in [9.17, 15) is 0 Å². The standard InChI is InChI=1S/C14H21ClN2/c1-14(6-2-3-7-14)10-17-9-11-4-5-12(15)13(16)8-11/h4-5,8,17H,2-3,6-7,9-10,16H2,1H3. The van der Waals surface area contributed by atoms with Crippen molar-refractivity contribution in [1.29, 1.82) is 0 Å². The van der Waals surface area contributed by atoms with Crippen LogP contribution in [0, 0.1) is 5.41 Å². The normalized spacial score (nSPS) is 18.5. The number of nitrogen functional groups attached to an aromatic ring is 1. The van der Waals surface area contributed by atoms with Crippen LogP contribution in [0.1, 0.15) is 38.2 Å². The zero-order valence-electron chi connectivity index (χ0n) is 10.4. The van der Waals surface area contributed by atoms with Crippen molar-refractivity contribution in [1.82, 2.24) is 5.32 Å². The van der Waals surface area contributed by atoms with Gasteiger partial charge in [0.25, 0.3) is 0 Å². The van der Waals surface area contributed by atoms with Crippen LogP contribution in [-0.2, 0) is 6.54 Å². The lowest BCUT2D eigenvalue weighted by molar-refractivity contribution is 0.314. The molecule has 1 aromatic rings. The van der Waals surface area contributed by atoms with Crippen molar-refractivity contribution in [3.63, 3.8) is 0 Å². The minimum atomic E-state index is 0.498. The molecular formula is C14H21ClN2. The Morgan fingerprint density at radius 3 is 2.71 bits per heavy atom. The van der Waals surface area contributed by atoms with Gasteiger partial charge in [0.1, 0.15) is 0 Å². The monoisotopic (exact) mass is 252 g/mol. The van der Waals surface area contributed by atoms with E-state index in [0.717, 1.165) is 13.1 Å². The van der Waals surface area contributed by atoms with Crippen molar-refractivity contribution in [2.75, 3.05) is 12.3 Å². The van der Waals surface area contributed by atoms with Gasteiger partial charge in [-0.3, -0.25) is 0 Å². The molecule has 0 spiro atoms. The zero-order chi connectivity index (χ0) is 12.3. The van der Waals surface area contributed by atoms with Crippen molar-refractivity contribution in [2.24, 2.45) is 5.41 Å². The number of benzene rings is 1. The summed E-state index contributed by atoms with van der Waals surface area (Å²) in [7, 11) is 0. The first kappa shape index (κ1) is 12.7. The van der Waals surface area contributed by atoms with Crippen LogP contribution in [0.25, 0.3) is 0 Å². The lowest BCUT2D eigenvalue weighted by Gasteiger charge is -2.23. The van der Waals surface area contributed by atoms with Crippen molar-refractivity contribution in [2.45, 2.75) is 39.2 Å². The predicted octanol–water partition coefficient (Wildman–Crippen LogP) is 3.59. The fraction of sp³-hybridized carbons (Fsp3) is 0.571.